The number of fused-ring (bicyclic) bond motifs is 2. The Labute approximate surface area is 224 Å². The van der Waals surface area contributed by atoms with E-state index in [0.717, 1.165) is 28.6 Å². The molecule has 6 rings (SSSR count). The van der Waals surface area contributed by atoms with Crippen LogP contribution < -0.4 is 5.32 Å². The van der Waals surface area contributed by atoms with Crippen LogP contribution in [0.5, 0.6) is 0 Å². The molecule has 0 aliphatic carbocycles. The number of anilines is 1. The number of aromatic nitrogens is 5. The molecule has 0 radical (unpaired) electrons. The van der Waals surface area contributed by atoms with Gasteiger partial charge >= 0.3 is 6.18 Å². The first-order chi connectivity index (χ1) is 18.8. The molecule has 11 heteroatoms. The van der Waals surface area contributed by atoms with Crippen molar-refractivity contribution in [2.24, 2.45) is 0 Å². The summed E-state index contributed by atoms with van der Waals surface area (Å²) >= 11 is 6.04. The molecule has 0 saturated heterocycles. The normalized spacial score (nSPS) is 11.8. The van der Waals surface area contributed by atoms with E-state index < -0.39 is 17.8 Å². The maximum Gasteiger partial charge on any atom is 0.433 e. The molecule has 3 aromatic heterocycles. The van der Waals surface area contributed by atoms with Crippen LogP contribution in [0.15, 0.2) is 91.3 Å². The molecule has 3 heterocycles. The van der Waals surface area contributed by atoms with Crippen LogP contribution in [-0.4, -0.2) is 30.3 Å². The van der Waals surface area contributed by atoms with Gasteiger partial charge < -0.3 is 5.32 Å². The summed E-state index contributed by atoms with van der Waals surface area (Å²) in [5.74, 6) is -0.462. The molecule has 0 bridgehead atoms. The zero-order valence-electron chi connectivity index (χ0n) is 20.0. The molecular weight excluding hydrogens is 529 g/mol. The average Bonchev–Trinajstić information content (AvgIpc) is 3.54. The van der Waals surface area contributed by atoms with Crippen molar-refractivity contribution in [2.75, 3.05) is 5.32 Å². The zero-order chi connectivity index (χ0) is 27.1. The van der Waals surface area contributed by atoms with E-state index in [9.17, 15) is 18.0 Å². The topological polar surface area (TPSA) is 77.1 Å². The highest BCUT2D eigenvalue weighted by Gasteiger charge is 2.36. The summed E-state index contributed by atoms with van der Waals surface area (Å²) in [4.78, 5) is 17.6. The van der Waals surface area contributed by atoms with Gasteiger partial charge in [-0.15, -0.1) is 0 Å². The van der Waals surface area contributed by atoms with Crippen molar-refractivity contribution < 1.29 is 18.0 Å². The van der Waals surface area contributed by atoms with Crippen molar-refractivity contribution in [3.05, 3.63) is 113 Å². The van der Waals surface area contributed by atoms with Gasteiger partial charge in [-0.25, -0.2) is 9.50 Å². The van der Waals surface area contributed by atoms with Gasteiger partial charge in [0.1, 0.15) is 5.56 Å². The lowest BCUT2D eigenvalue weighted by atomic mass is 10.0. The fourth-order valence-corrected chi connectivity index (χ4v) is 4.65. The molecule has 194 valence electrons. The van der Waals surface area contributed by atoms with Gasteiger partial charge in [0.05, 0.1) is 18.4 Å². The summed E-state index contributed by atoms with van der Waals surface area (Å²) in [6.45, 7) is 0.415. The minimum Gasteiger partial charge on any atom is -0.305 e. The third-order valence-corrected chi connectivity index (χ3v) is 6.42. The average molecular weight is 547 g/mol. The highest BCUT2D eigenvalue weighted by atomic mass is 35.5. The molecule has 0 unspecified atom stereocenters. The van der Waals surface area contributed by atoms with Crippen LogP contribution in [0.2, 0.25) is 5.02 Å². The summed E-state index contributed by atoms with van der Waals surface area (Å²) in [5.41, 5.74) is 0.118. The molecule has 0 fully saturated rings. The number of nitrogens with zero attached hydrogens (tertiary/aromatic N) is 5. The molecule has 0 spiro atoms. The lowest BCUT2D eigenvalue weighted by Crippen LogP contribution is -2.16. The van der Waals surface area contributed by atoms with Gasteiger partial charge in [-0.2, -0.15) is 23.4 Å². The van der Waals surface area contributed by atoms with Crippen LogP contribution in [-0.2, 0) is 12.7 Å². The van der Waals surface area contributed by atoms with Crippen LogP contribution >= 0.6 is 11.6 Å². The third-order valence-electron chi connectivity index (χ3n) is 6.19. The van der Waals surface area contributed by atoms with Crippen molar-refractivity contribution in [1.29, 1.82) is 0 Å². The van der Waals surface area contributed by atoms with Gasteiger partial charge in [0.2, 0.25) is 0 Å². The Balaban J connectivity index is 1.37. The van der Waals surface area contributed by atoms with E-state index in [0.29, 0.717) is 21.6 Å². The number of halogens is 4. The second kappa shape index (κ2) is 9.55. The predicted molar refractivity (Wildman–Crippen MR) is 142 cm³/mol. The van der Waals surface area contributed by atoms with Gasteiger partial charge in [0.15, 0.2) is 17.2 Å². The number of carbonyl (C=O) groups excluding carboxylic acids is 1. The first-order valence-electron chi connectivity index (χ1n) is 11.8. The van der Waals surface area contributed by atoms with Gasteiger partial charge in [0.25, 0.3) is 5.91 Å². The largest absolute Gasteiger partial charge is 0.433 e. The lowest BCUT2D eigenvalue weighted by Gasteiger charge is -2.13. The van der Waals surface area contributed by atoms with Crippen LogP contribution in [0.25, 0.3) is 27.7 Å². The molecule has 0 aliphatic rings. The van der Waals surface area contributed by atoms with Crippen LogP contribution in [0.4, 0.5) is 19.0 Å². The van der Waals surface area contributed by atoms with Crippen molar-refractivity contribution >= 4 is 39.7 Å². The number of amides is 1. The smallest absolute Gasteiger partial charge is 0.305 e. The van der Waals surface area contributed by atoms with Crippen molar-refractivity contribution in [3.63, 3.8) is 0 Å². The van der Waals surface area contributed by atoms with Crippen molar-refractivity contribution in [2.45, 2.75) is 12.7 Å². The maximum absolute atomic E-state index is 14.1. The molecule has 3 aromatic carbocycles. The monoisotopic (exact) mass is 546 g/mol. The van der Waals surface area contributed by atoms with E-state index >= 15 is 0 Å². The van der Waals surface area contributed by atoms with Crippen LogP contribution in [0.3, 0.4) is 0 Å². The molecule has 1 N–H and O–H groups in total. The first kappa shape index (κ1) is 24.6. The number of hydrogen-bond donors (Lipinski definition) is 1. The predicted octanol–water partition coefficient (Wildman–Crippen LogP) is 6.72. The fourth-order valence-electron chi connectivity index (χ4n) is 4.43. The Bertz CT molecular complexity index is 1850. The summed E-state index contributed by atoms with van der Waals surface area (Å²) in [6, 6.07) is 22.5. The molecule has 39 heavy (non-hydrogen) atoms. The molecule has 0 atom stereocenters. The molecule has 7 nitrogen and oxygen atoms in total. The van der Waals surface area contributed by atoms with E-state index in [4.69, 9.17) is 11.6 Å². The van der Waals surface area contributed by atoms with Gasteiger partial charge in [-0.1, -0.05) is 66.2 Å². The lowest BCUT2D eigenvalue weighted by molar-refractivity contribution is -0.142. The van der Waals surface area contributed by atoms with Gasteiger partial charge in [0, 0.05) is 22.8 Å². The molecular formula is C28H18ClF3N6O. The van der Waals surface area contributed by atoms with Gasteiger partial charge in [-0.3, -0.25) is 9.48 Å². The second-order valence-corrected chi connectivity index (χ2v) is 9.26. The molecule has 1 amide bonds. The van der Waals surface area contributed by atoms with Crippen LogP contribution in [0.1, 0.15) is 21.6 Å². The van der Waals surface area contributed by atoms with Crippen LogP contribution in [0, 0.1) is 0 Å². The SMILES string of the molecule is O=C(Nc1ccn(Cc2cccc(Cl)c2)n1)c1cnn2c(C(F)(F)F)cc(-c3cccc4ccccc34)nc12. The maximum atomic E-state index is 14.1. The second-order valence-electron chi connectivity index (χ2n) is 8.83. The molecule has 6 aromatic rings. The van der Waals surface area contributed by atoms with E-state index in [1.54, 1.807) is 47.3 Å². The Kier molecular flexibility index (Phi) is 6.03. The summed E-state index contributed by atoms with van der Waals surface area (Å²) in [5, 5.41) is 13.0. The number of alkyl halides is 3. The minimum absolute atomic E-state index is 0.0759. The summed E-state index contributed by atoms with van der Waals surface area (Å²) in [6.07, 6.45) is -1.99. The van der Waals surface area contributed by atoms with E-state index in [1.807, 2.05) is 36.4 Å². The molecule has 0 aliphatic heterocycles. The number of nitrogens with one attached hydrogen (secondary N) is 1. The number of rotatable bonds is 5. The Hall–Kier alpha value is -4.70. The third kappa shape index (κ3) is 4.82. The number of carbonyl (C=O) groups is 1. The van der Waals surface area contributed by atoms with Gasteiger partial charge in [-0.05, 0) is 34.5 Å². The number of benzene rings is 3. The fraction of sp³-hybridized carbons (Fsp3) is 0.0714. The van der Waals surface area contributed by atoms with Crippen molar-refractivity contribution in [3.8, 4) is 11.3 Å². The van der Waals surface area contributed by atoms with E-state index in [1.165, 1.54) is 0 Å². The molecule has 0 saturated carbocycles. The van der Waals surface area contributed by atoms with E-state index in [2.05, 4.69) is 20.5 Å². The minimum atomic E-state index is -4.74. The van der Waals surface area contributed by atoms with Crippen molar-refractivity contribution in [1.82, 2.24) is 24.4 Å². The Morgan fingerprint density at radius 3 is 2.59 bits per heavy atom. The van der Waals surface area contributed by atoms with E-state index in [-0.39, 0.29) is 22.7 Å². The summed E-state index contributed by atoms with van der Waals surface area (Å²) < 4.78 is 44.5. The highest BCUT2D eigenvalue weighted by Crippen LogP contribution is 2.35. The zero-order valence-corrected chi connectivity index (χ0v) is 20.8. The highest BCUT2D eigenvalue weighted by molar-refractivity contribution is 6.30. The Morgan fingerprint density at radius 1 is 0.974 bits per heavy atom. The Morgan fingerprint density at radius 2 is 1.77 bits per heavy atom. The summed E-state index contributed by atoms with van der Waals surface area (Å²) in [7, 11) is 0. The number of hydrogen-bond acceptors (Lipinski definition) is 4. The quantitative estimate of drug-likeness (QED) is 0.260. The standard InChI is InChI=1S/C28H18ClF3N6O/c29-19-8-3-5-17(13-19)16-37-12-11-25(36-37)35-27(39)22-15-33-38-24(28(30,31)32)14-23(34-26(22)38)21-10-4-7-18-6-1-2-9-20(18)21/h1-15H,16H2,(H,35,36,39). The first-order valence-corrected chi connectivity index (χ1v) is 12.2.